The van der Waals surface area contributed by atoms with Gasteiger partial charge in [-0.05, 0) is 53.6 Å². The van der Waals surface area contributed by atoms with Gasteiger partial charge in [-0.15, -0.1) is 0 Å². The summed E-state index contributed by atoms with van der Waals surface area (Å²) in [5.74, 6) is -0.0491. The monoisotopic (exact) mass is 282 g/mol. The van der Waals surface area contributed by atoms with Crippen molar-refractivity contribution in [2.24, 2.45) is 0 Å². The lowest BCUT2D eigenvalue weighted by Gasteiger charge is -2.34. The number of anilines is 1. The molecule has 0 radical (unpaired) electrons. The van der Waals surface area contributed by atoms with E-state index in [2.05, 4.69) is 17.0 Å². The second-order valence-electron chi connectivity index (χ2n) is 6.07. The summed E-state index contributed by atoms with van der Waals surface area (Å²) >= 11 is 0. The molecule has 1 atom stereocenters. The Hall–Kier alpha value is -1.87. The van der Waals surface area contributed by atoms with Gasteiger partial charge in [0, 0.05) is 24.8 Å². The van der Waals surface area contributed by atoms with Crippen LogP contribution in [0.25, 0.3) is 0 Å². The average Bonchev–Trinajstić information content (AvgIpc) is 2.93. The first-order valence-corrected chi connectivity index (χ1v) is 7.61. The molecule has 2 aromatic carbocycles. The minimum absolute atomic E-state index is 0.0491. The number of nitrogens with zero attached hydrogens (tertiary/aromatic N) is 1. The molecule has 108 valence electrons. The highest BCUT2D eigenvalue weighted by Gasteiger charge is 2.31. The van der Waals surface area contributed by atoms with Gasteiger partial charge in [-0.2, -0.15) is 0 Å². The van der Waals surface area contributed by atoms with Crippen LogP contribution >= 0.6 is 0 Å². The summed E-state index contributed by atoms with van der Waals surface area (Å²) in [6, 6.07) is 12.0. The minimum Gasteiger partial charge on any atom is -0.398 e. The third-order valence-electron chi connectivity index (χ3n) is 4.96. The Labute approximate surface area is 124 Å². The van der Waals surface area contributed by atoms with Crippen LogP contribution in [0.15, 0.2) is 36.4 Å². The number of halogens is 1. The fourth-order valence-electron chi connectivity index (χ4n) is 3.86. The maximum atomic E-state index is 13.9. The highest BCUT2D eigenvalue weighted by Crippen LogP contribution is 2.39. The van der Waals surface area contributed by atoms with E-state index in [0.29, 0.717) is 6.04 Å². The van der Waals surface area contributed by atoms with Crippen molar-refractivity contribution in [3.8, 4) is 0 Å². The predicted molar refractivity (Wildman–Crippen MR) is 82.4 cm³/mol. The van der Waals surface area contributed by atoms with Crippen molar-refractivity contribution in [3.63, 3.8) is 0 Å². The Bertz CT molecular complexity index is 696. The molecule has 1 unspecified atom stereocenters. The van der Waals surface area contributed by atoms with Gasteiger partial charge in [0.15, 0.2) is 0 Å². The molecule has 21 heavy (non-hydrogen) atoms. The Morgan fingerprint density at radius 2 is 1.90 bits per heavy atom. The van der Waals surface area contributed by atoms with Crippen molar-refractivity contribution in [3.05, 3.63) is 64.5 Å². The van der Waals surface area contributed by atoms with Crippen molar-refractivity contribution in [2.75, 3.05) is 12.3 Å². The molecule has 3 heteroatoms. The minimum atomic E-state index is -0.0491. The van der Waals surface area contributed by atoms with E-state index < -0.39 is 0 Å². The van der Waals surface area contributed by atoms with Crippen molar-refractivity contribution < 1.29 is 4.39 Å². The number of nitrogens with two attached hydrogens (primary N) is 1. The van der Waals surface area contributed by atoms with Gasteiger partial charge >= 0.3 is 0 Å². The standard InChI is InChI=1S/C18H19FN2/c19-16-5-2-4-14-13(16)7-8-18(14)21-10-9-12-3-1-6-17(20)15(12)11-21/h1-6,18H,7-11,20H2. The van der Waals surface area contributed by atoms with Gasteiger partial charge in [-0.1, -0.05) is 24.3 Å². The van der Waals surface area contributed by atoms with Crippen molar-refractivity contribution in [1.29, 1.82) is 0 Å². The van der Waals surface area contributed by atoms with Crippen LogP contribution in [-0.2, 0) is 19.4 Å². The van der Waals surface area contributed by atoms with Gasteiger partial charge in [0.05, 0.1) is 0 Å². The molecule has 2 nitrogen and oxygen atoms in total. The average molecular weight is 282 g/mol. The van der Waals surface area contributed by atoms with Crippen LogP contribution in [0.4, 0.5) is 10.1 Å². The van der Waals surface area contributed by atoms with Crippen molar-refractivity contribution >= 4 is 5.69 Å². The zero-order valence-electron chi connectivity index (χ0n) is 12.0. The van der Waals surface area contributed by atoms with E-state index in [1.807, 2.05) is 18.2 Å². The lowest BCUT2D eigenvalue weighted by molar-refractivity contribution is 0.179. The summed E-state index contributed by atoms with van der Waals surface area (Å²) in [4.78, 5) is 2.46. The van der Waals surface area contributed by atoms with Crippen LogP contribution in [0.2, 0.25) is 0 Å². The third kappa shape index (κ3) is 2.04. The molecular weight excluding hydrogens is 263 g/mol. The molecular formula is C18H19FN2. The molecule has 0 aromatic heterocycles. The molecule has 0 saturated heterocycles. The highest BCUT2D eigenvalue weighted by atomic mass is 19.1. The summed E-state index contributed by atoms with van der Waals surface area (Å²) in [5.41, 5.74) is 11.7. The molecule has 0 spiro atoms. The first-order valence-electron chi connectivity index (χ1n) is 7.61. The topological polar surface area (TPSA) is 29.3 Å². The fourth-order valence-corrected chi connectivity index (χ4v) is 3.86. The Morgan fingerprint density at radius 1 is 1.05 bits per heavy atom. The van der Waals surface area contributed by atoms with Crippen LogP contribution in [0.5, 0.6) is 0 Å². The summed E-state index contributed by atoms with van der Waals surface area (Å²) in [5, 5.41) is 0. The van der Waals surface area contributed by atoms with E-state index >= 15 is 0 Å². The van der Waals surface area contributed by atoms with Gasteiger partial charge in [0.25, 0.3) is 0 Å². The van der Waals surface area contributed by atoms with Crippen LogP contribution in [0.1, 0.15) is 34.7 Å². The predicted octanol–water partition coefficient (Wildman–Crippen LogP) is 3.45. The maximum Gasteiger partial charge on any atom is 0.126 e. The molecule has 0 fully saturated rings. The van der Waals surface area contributed by atoms with Gasteiger partial charge in [0.2, 0.25) is 0 Å². The quantitative estimate of drug-likeness (QED) is 0.812. The zero-order valence-corrected chi connectivity index (χ0v) is 12.0. The maximum absolute atomic E-state index is 13.9. The number of hydrogen-bond acceptors (Lipinski definition) is 2. The fraction of sp³-hybridized carbons (Fsp3) is 0.333. The lowest BCUT2D eigenvalue weighted by atomic mass is 9.95. The number of fused-ring (bicyclic) bond motifs is 2. The van der Waals surface area contributed by atoms with Crippen molar-refractivity contribution in [2.45, 2.75) is 31.8 Å². The largest absolute Gasteiger partial charge is 0.398 e. The second kappa shape index (κ2) is 4.85. The molecule has 1 heterocycles. The van der Waals surface area contributed by atoms with E-state index in [4.69, 9.17) is 5.73 Å². The van der Waals surface area contributed by atoms with Gasteiger partial charge < -0.3 is 5.73 Å². The summed E-state index contributed by atoms with van der Waals surface area (Å²) in [7, 11) is 0. The second-order valence-corrected chi connectivity index (χ2v) is 6.07. The van der Waals surface area contributed by atoms with E-state index in [9.17, 15) is 4.39 Å². The van der Waals surface area contributed by atoms with Gasteiger partial charge in [-0.3, -0.25) is 4.90 Å². The Kier molecular flexibility index (Phi) is 2.96. The number of nitrogen functional groups attached to an aromatic ring is 1. The van der Waals surface area contributed by atoms with Gasteiger partial charge in [0.1, 0.15) is 5.82 Å². The van der Waals surface area contributed by atoms with E-state index in [0.717, 1.165) is 43.6 Å². The molecule has 2 N–H and O–H groups in total. The first kappa shape index (κ1) is 12.8. The molecule has 4 rings (SSSR count). The van der Waals surface area contributed by atoms with Crippen LogP contribution in [-0.4, -0.2) is 11.4 Å². The van der Waals surface area contributed by atoms with Crippen molar-refractivity contribution in [1.82, 2.24) is 4.90 Å². The molecule has 0 amide bonds. The zero-order chi connectivity index (χ0) is 14.4. The lowest BCUT2D eigenvalue weighted by Crippen LogP contribution is -2.33. The normalized spacial score (nSPS) is 21.1. The summed E-state index contributed by atoms with van der Waals surface area (Å²) in [6.07, 6.45) is 2.89. The van der Waals surface area contributed by atoms with Crippen LogP contribution in [0, 0.1) is 5.82 Å². The van der Waals surface area contributed by atoms with Crippen LogP contribution in [0.3, 0.4) is 0 Å². The Balaban J connectivity index is 1.66. The molecule has 2 aliphatic rings. The number of benzene rings is 2. The Morgan fingerprint density at radius 3 is 2.81 bits per heavy atom. The molecule has 1 aliphatic heterocycles. The smallest absolute Gasteiger partial charge is 0.126 e. The first-order chi connectivity index (χ1) is 10.2. The van der Waals surface area contributed by atoms with E-state index in [1.54, 1.807) is 6.07 Å². The number of rotatable bonds is 1. The molecule has 2 aromatic rings. The summed E-state index contributed by atoms with van der Waals surface area (Å²) < 4.78 is 13.9. The number of hydrogen-bond donors (Lipinski definition) is 1. The molecule has 0 bridgehead atoms. The third-order valence-corrected chi connectivity index (χ3v) is 4.96. The highest BCUT2D eigenvalue weighted by molar-refractivity contribution is 5.52. The van der Waals surface area contributed by atoms with E-state index in [-0.39, 0.29) is 5.82 Å². The molecule has 0 saturated carbocycles. The summed E-state index contributed by atoms with van der Waals surface area (Å²) in [6.45, 7) is 1.90. The molecule has 1 aliphatic carbocycles. The SMILES string of the molecule is Nc1cccc2c1CN(C1CCc3c(F)cccc31)CC2. The van der Waals surface area contributed by atoms with Crippen LogP contribution < -0.4 is 5.73 Å². The van der Waals surface area contributed by atoms with Gasteiger partial charge in [-0.25, -0.2) is 4.39 Å². The van der Waals surface area contributed by atoms with E-state index in [1.165, 1.54) is 16.7 Å².